The molecule has 0 aromatic carbocycles. The first-order valence-electron chi connectivity index (χ1n) is 6.81. The Bertz CT molecular complexity index is 245. The van der Waals surface area contributed by atoms with Gasteiger partial charge in [-0.1, -0.05) is 19.1 Å². The zero-order chi connectivity index (χ0) is 11.4. The van der Waals surface area contributed by atoms with Crippen LogP contribution in [0.25, 0.3) is 0 Å². The second-order valence-corrected chi connectivity index (χ2v) is 5.44. The highest BCUT2D eigenvalue weighted by Crippen LogP contribution is 2.34. The molecule has 0 aromatic rings. The van der Waals surface area contributed by atoms with E-state index < -0.39 is 0 Å². The van der Waals surface area contributed by atoms with Crippen LogP contribution in [0.5, 0.6) is 0 Å². The number of hydrogen-bond donors (Lipinski definition) is 1. The third kappa shape index (κ3) is 2.33. The van der Waals surface area contributed by atoms with E-state index >= 15 is 0 Å². The second kappa shape index (κ2) is 5.33. The molecule has 0 spiro atoms. The molecule has 0 bridgehead atoms. The Balaban J connectivity index is 1.94. The summed E-state index contributed by atoms with van der Waals surface area (Å²) in [5.74, 6) is 0.820. The molecule has 2 atom stereocenters. The molecular weight excluding hydrogens is 198 g/mol. The van der Waals surface area contributed by atoms with E-state index in [0.717, 1.165) is 12.3 Å². The van der Waals surface area contributed by atoms with E-state index in [1.807, 2.05) is 0 Å². The number of aliphatic hydroxyl groups excluding tert-OH is 1. The molecule has 0 unspecified atom stereocenters. The van der Waals surface area contributed by atoms with Crippen LogP contribution in [0.4, 0.5) is 0 Å². The third-order valence-corrected chi connectivity index (χ3v) is 4.55. The van der Waals surface area contributed by atoms with Crippen LogP contribution in [0.3, 0.4) is 0 Å². The van der Waals surface area contributed by atoms with Gasteiger partial charge in [-0.05, 0) is 51.0 Å². The summed E-state index contributed by atoms with van der Waals surface area (Å²) in [4.78, 5) is 2.57. The Morgan fingerprint density at radius 2 is 2.31 bits per heavy atom. The number of aliphatic hydroxyl groups is 1. The first-order chi connectivity index (χ1) is 7.80. The number of nitrogens with zero attached hydrogens (tertiary/aromatic N) is 1. The molecule has 1 heterocycles. The van der Waals surface area contributed by atoms with Gasteiger partial charge in [0, 0.05) is 12.1 Å². The van der Waals surface area contributed by atoms with Crippen molar-refractivity contribution in [1.82, 2.24) is 4.90 Å². The first-order valence-corrected chi connectivity index (χ1v) is 6.81. The van der Waals surface area contributed by atoms with Gasteiger partial charge < -0.3 is 5.11 Å². The molecule has 0 saturated carbocycles. The van der Waals surface area contributed by atoms with Gasteiger partial charge in [0.05, 0.1) is 6.61 Å². The lowest BCUT2D eigenvalue weighted by molar-refractivity contribution is 0.0477. The fourth-order valence-corrected chi connectivity index (χ4v) is 3.30. The summed E-state index contributed by atoms with van der Waals surface area (Å²) in [7, 11) is 0. The van der Waals surface area contributed by atoms with E-state index in [4.69, 9.17) is 0 Å². The number of hydrogen-bond acceptors (Lipinski definition) is 2. The molecule has 2 nitrogen and oxygen atoms in total. The minimum Gasteiger partial charge on any atom is -0.394 e. The van der Waals surface area contributed by atoms with Gasteiger partial charge in [-0.2, -0.15) is 0 Å². The van der Waals surface area contributed by atoms with Crippen molar-refractivity contribution < 1.29 is 5.11 Å². The SMILES string of the molecule is CC[C@@]1(CO)CCCN1C[C@H]1CC=CCC1. The van der Waals surface area contributed by atoms with Crippen molar-refractivity contribution in [3.8, 4) is 0 Å². The Kier molecular flexibility index (Phi) is 4.04. The molecule has 1 saturated heterocycles. The predicted octanol–water partition coefficient (Wildman–Crippen LogP) is 2.58. The molecule has 92 valence electrons. The van der Waals surface area contributed by atoms with Crippen molar-refractivity contribution in [3.63, 3.8) is 0 Å². The zero-order valence-corrected chi connectivity index (χ0v) is 10.5. The summed E-state index contributed by atoms with van der Waals surface area (Å²) < 4.78 is 0. The lowest BCUT2D eigenvalue weighted by Crippen LogP contribution is -2.48. The van der Waals surface area contributed by atoms with Crippen LogP contribution in [-0.4, -0.2) is 35.2 Å². The van der Waals surface area contributed by atoms with E-state index in [1.165, 1.54) is 45.2 Å². The van der Waals surface area contributed by atoms with Crippen molar-refractivity contribution in [2.45, 2.75) is 51.0 Å². The summed E-state index contributed by atoms with van der Waals surface area (Å²) in [6, 6.07) is 0. The standard InChI is InChI=1S/C14H25NO/c1-2-14(12-16)9-6-10-15(14)11-13-7-4-3-5-8-13/h3-4,13,16H,2,5-12H2,1H3/t13-,14-/m0/s1. The van der Waals surface area contributed by atoms with Gasteiger partial charge in [0.1, 0.15) is 0 Å². The molecule has 1 fully saturated rings. The zero-order valence-electron chi connectivity index (χ0n) is 10.5. The smallest absolute Gasteiger partial charge is 0.0615 e. The minimum absolute atomic E-state index is 0.112. The van der Waals surface area contributed by atoms with Crippen LogP contribution in [-0.2, 0) is 0 Å². The summed E-state index contributed by atoms with van der Waals surface area (Å²) in [5.41, 5.74) is 0.112. The van der Waals surface area contributed by atoms with Gasteiger partial charge in [0.25, 0.3) is 0 Å². The minimum atomic E-state index is 0.112. The molecule has 2 rings (SSSR count). The topological polar surface area (TPSA) is 23.5 Å². The largest absolute Gasteiger partial charge is 0.394 e. The normalized spacial score (nSPS) is 35.8. The van der Waals surface area contributed by atoms with Crippen molar-refractivity contribution in [2.75, 3.05) is 19.7 Å². The Morgan fingerprint density at radius 1 is 1.44 bits per heavy atom. The van der Waals surface area contributed by atoms with E-state index in [-0.39, 0.29) is 5.54 Å². The van der Waals surface area contributed by atoms with Crippen molar-refractivity contribution in [2.24, 2.45) is 5.92 Å². The Hall–Kier alpha value is -0.340. The molecule has 1 aliphatic carbocycles. The molecule has 0 amide bonds. The molecule has 0 aromatic heterocycles. The van der Waals surface area contributed by atoms with Crippen molar-refractivity contribution >= 4 is 0 Å². The third-order valence-electron chi connectivity index (χ3n) is 4.55. The van der Waals surface area contributed by atoms with Crippen LogP contribution in [0, 0.1) is 5.92 Å². The fraction of sp³-hybridized carbons (Fsp3) is 0.857. The average Bonchev–Trinajstić information content (AvgIpc) is 2.74. The van der Waals surface area contributed by atoms with Gasteiger partial charge in [-0.3, -0.25) is 4.90 Å². The van der Waals surface area contributed by atoms with Crippen LogP contribution in [0.15, 0.2) is 12.2 Å². The van der Waals surface area contributed by atoms with Crippen LogP contribution in [0.2, 0.25) is 0 Å². The van der Waals surface area contributed by atoms with Crippen LogP contribution in [0.1, 0.15) is 45.4 Å². The maximum atomic E-state index is 9.66. The maximum absolute atomic E-state index is 9.66. The molecule has 1 aliphatic heterocycles. The lowest BCUT2D eigenvalue weighted by Gasteiger charge is -2.38. The van der Waals surface area contributed by atoms with Crippen LogP contribution < -0.4 is 0 Å². The van der Waals surface area contributed by atoms with Crippen molar-refractivity contribution in [1.29, 1.82) is 0 Å². The summed E-state index contributed by atoms with van der Waals surface area (Å²) in [6.07, 6.45) is 12.0. The highest BCUT2D eigenvalue weighted by Gasteiger charge is 2.39. The van der Waals surface area contributed by atoms with E-state index in [2.05, 4.69) is 24.0 Å². The number of rotatable bonds is 4. The highest BCUT2D eigenvalue weighted by molar-refractivity contribution is 4.97. The molecule has 0 radical (unpaired) electrons. The fourth-order valence-electron chi connectivity index (χ4n) is 3.30. The molecular formula is C14H25NO. The first kappa shape index (κ1) is 12.1. The molecule has 16 heavy (non-hydrogen) atoms. The molecule has 2 heteroatoms. The van der Waals surface area contributed by atoms with Crippen molar-refractivity contribution in [3.05, 3.63) is 12.2 Å². The van der Waals surface area contributed by atoms with Gasteiger partial charge in [-0.15, -0.1) is 0 Å². The quantitative estimate of drug-likeness (QED) is 0.740. The average molecular weight is 223 g/mol. The lowest BCUT2D eigenvalue weighted by atomic mass is 9.90. The molecule has 2 aliphatic rings. The Morgan fingerprint density at radius 3 is 2.94 bits per heavy atom. The summed E-state index contributed by atoms with van der Waals surface area (Å²) in [5, 5.41) is 9.66. The second-order valence-electron chi connectivity index (χ2n) is 5.44. The highest BCUT2D eigenvalue weighted by atomic mass is 16.3. The van der Waals surface area contributed by atoms with Gasteiger partial charge in [-0.25, -0.2) is 0 Å². The number of likely N-dealkylation sites (tertiary alicyclic amines) is 1. The maximum Gasteiger partial charge on any atom is 0.0615 e. The van der Waals surface area contributed by atoms with E-state index in [0.29, 0.717) is 6.61 Å². The van der Waals surface area contributed by atoms with Gasteiger partial charge >= 0.3 is 0 Å². The monoisotopic (exact) mass is 223 g/mol. The van der Waals surface area contributed by atoms with Gasteiger partial charge in [0.2, 0.25) is 0 Å². The molecule has 1 N–H and O–H groups in total. The number of allylic oxidation sites excluding steroid dienone is 2. The van der Waals surface area contributed by atoms with E-state index in [9.17, 15) is 5.11 Å². The van der Waals surface area contributed by atoms with Crippen LogP contribution >= 0.6 is 0 Å². The summed E-state index contributed by atoms with van der Waals surface area (Å²) >= 11 is 0. The van der Waals surface area contributed by atoms with E-state index in [1.54, 1.807) is 0 Å². The van der Waals surface area contributed by atoms with Gasteiger partial charge in [0.15, 0.2) is 0 Å². The summed E-state index contributed by atoms with van der Waals surface area (Å²) in [6.45, 7) is 4.94. The Labute approximate surface area is 99.3 Å². The predicted molar refractivity (Wildman–Crippen MR) is 67.4 cm³/mol.